The van der Waals surface area contributed by atoms with Crippen LogP contribution < -0.4 is 15.4 Å². The first kappa shape index (κ1) is 21.8. The fraction of sp³-hybridized carbons (Fsp3) is 0.261. The van der Waals surface area contributed by atoms with Crippen molar-refractivity contribution in [3.63, 3.8) is 0 Å². The summed E-state index contributed by atoms with van der Waals surface area (Å²) in [6.07, 6.45) is 2.60. The summed E-state index contributed by atoms with van der Waals surface area (Å²) in [5, 5.41) is 31.1. The van der Waals surface area contributed by atoms with Gasteiger partial charge in [0.05, 0.1) is 23.7 Å². The molecule has 1 heterocycles. The number of rotatable bonds is 7. The number of hydrogen-bond donors (Lipinski definition) is 3. The van der Waals surface area contributed by atoms with E-state index < -0.39 is 11.9 Å². The molecule has 3 N–H and O–H groups in total. The Morgan fingerprint density at radius 3 is 2.52 bits per heavy atom. The van der Waals surface area contributed by atoms with Crippen molar-refractivity contribution in [2.75, 3.05) is 10.6 Å². The van der Waals surface area contributed by atoms with E-state index >= 15 is 0 Å². The molecule has 33 heavy (non-hydrogen) atoms. The van der Waals surface area contributed by atoms with Crippen LogP contribution in [0, 0.1) is 17.2 Å². The molecule has 0 atom stereocenters. The van der Waals surface area contributed by atoms with E-state index in [1.165, 1.54) is 0 Å². The lowest BCUT2D eigenvalue weighted by atomic mass is 9.87. The van der Waals surface area contributed by atoms with Gasteiger partial charge in [0.15, 0.2) is 0 Å². The number of nitriles is 1. The molecule has 0 unspecified atom stereocenters. The van der Waals surface area contributed by atoms with Crippen LogP contribution in [0.3, 0.4) is 0 Å². The number of hydrogen-bond acceptors (Lipinski definition) is 8. The van der Waals surface area contributed by atoms with Crippen molar-refractivity contribution in [3.05, 3.63) is 60.0 Å². The summed E-state index contributed by atoms with van der Waals surface area (Å²) >= 11 is 0. The monoisotopic (exact) mass is 447 g/mol. The van der Waals surface area contributed by atoms with Crippen LogP contribution in [0.5, 0.6) is 5.75 Å². The third-order valence-electron chi connectivity index (χ3n) is 5.30. The molecule has 0 aliphatic heterocycles. The number of anilines is 3. The van der Waals surface area contributed by atoms with Crippen LogP contribution >= 0.6 is 0 Å². The van der Waals surface area contributed by atoms with Crippen LogP contribution in [0.25, 0.3) is 0 Å². The maximum absolute atomic E-state index is 12.4. The molecule has 1 saturated carbocycles. The Balaban J connectivity index is 1.30. The second kappa shape index (κ2) is 9.82. The van der Waals surface area contributed by atoms with Gasteiger partial charge in [0, 0.05) is 11.4 Å². The van der Waals surface area contributed by atoms with E-state index in [-0.39, 0.29) is 23.9 Å². The Bertz CT molecular complexity index is 1180. The number of benzene rings is 2. The minimum Gasteiger partial charge on any atom is -0.490 e. The first-order valence-electron chi connectivity index (χ1n) is 10.4. The molecule has 4 rings (SSSR count). The Labute approximate surface area is 189 Å². The summed E-state index contributed by atoms with van der Waals surface area (Å²) in [4.78, 5) is 23.5. The van der Waals surface area contributed by atoms with Crippen molar-refractivity contribution >= 4 is 29.3 Å². The molecule has 10 nitrogen and oxygen atoms in total. The van der Waals surface area contributed by atoms with Gasteiger partial charge < -0.3 is 24.9 Å². The number of carboxylic acid groups (broad SMARTS) is 1. The van der Waals surface area contributed by atoms with Gasteiger partial charge in [0.1, 0.15) is 5.75 Å². The van der Waals surface area contributed by atoms with Crippen LogP contribution in [-0.2, 0) is 4.79 Å². The van der Waals surface area contributed by atoms with E-state index in [9.17, 15) is 9.59 Å². The van der Waals surface area contributed by atoms with Crippen molar-refractivity contribution < 1.29 is 23.8 Å². The minimum absolute atomic E-state index is 0.0146. The molecule has 1 amide bonds. The first-order valence-corrected chi connectivity index (χ1v) is 10.4. The van der Waals surface area contributed by atoms with Crippen LogP contribution in [0.2, 0.25) is 0 Å². The standard InChI is InChI=1S/C23H21N5O5/c24-13-14-2-1-3-17(12-14)26-23-28-27-21(33-23)20(29)25-16-6-10-19(11-7-16)32-18-8-4-15(5-9-18)22(30)31/h1-3,6-7,10-12,15,18H,4-5,8-9H2,(H,25,29)(H,26,28)(H,30,31)/t15-,18+. The van der Waals surface area contributed by atoms with Crippen molar-refractivity contribution in [2.45, 2.75) is 31.8 Å². The smallest absolute Gasteiger partial charge is 0.320 e. The third-order valence-corrected chi connectivity index (χ3v) is 5.30. The van der Waals surface area contributed by atoms with E-state index in [1.807, 2.05) is 6.07 Å². The largest absolute Gasteiger partial charge is 0.490 e. The molecule has 1 fully saturated rings. The highest BCUT2D eigenvalue weighted by molar-refractivity contribution is 6.00. The second-order valence-electron chi connectivity index (χ2n) is 7.64. The number of amides is 1. The van der Waals surface area contributed by atoms with Crippen LogP contribution in [-0.4, -0.2) is 33.3 Å². The Morgan fingerprint density at radius 1 is 1.06 bits per heavy atom. The maximum atomic E-state index is 12.4. The SMILES string of the molecule is N#Cc1cccc(Nc2nnc(C(=O)Nc3ccc(O[C@H]4CC[C@@H](C(=O)O)CC4)cc3)o2)c1. The predicted molar refractivity (Wildman–Crippen MR) is 117 cm³/mol. The zero-order valence-electron chi connectivity index (χ0n) is 17.5. The molecule has 3 aromatic rings. The fourth-order valence-electron chi connectivity index (χ4n) is 3.58. The number of carbonyl (C=O) groups excluding carboxylic acids is 1. The summed E-state index contributed by atoms with van der Waals surface area (Å²) in [7, 11) is 0. The zero-order chi connectivity index (χ0) is 23.2. The molecular weight excluding hydrogens is 426 g/mol. The topological polar surface area (TPSA) is 150 Å². The summed E-state index contributed by atoms with van der Waals surface area (Å²) in [6.45, 7) is 0. The zero-order valence-corrected chi connectivity index (χ0v) is 17.5. The molecule has 0 spiro atoms. The van der Waals surface area contributed by atoms with Crippen molar-refractivity contribution in [1.82, 2.24) is 10.2 Å². The van der Waals surface area contributed by atoms with Gasteiger partial charge in [0.2, 0.25) is 0 Å². The number of carboxylic acids is 1. The lowest BCUT2D eigenvalue weighted by Crippen LogP contribution is -2.27. The van der Waals surface area contributed by atoms with Gasteiger partial charge in [-0.25, -0.2) is 0 Å². The second-order valence-corrected chi connectivity index (χ2v) is 7.64. The predicted octanol–water partition coefficient (Wildman–Crippen LogP) is 3.96. The molecule has 1 aliphatic carbocycles. The highest BCUT2D eigenvalue weighted by Gasteiger charge is 2.26. The molecule has 1 aromatic heterocycles. The highest BCUT2D eigenvalue weighted by atomic mass is 16.5. The number of aliphatic carboxylic acids is 1. The Morgan fingerprint density at radius 2 is 1.82 bits per heavy atom. The van der Waals surface area contributed by atoms with Crippen molar-refractivity contribution in [2.24, 2.45) is 5.92 Å². The van der Waals surface area contributed by atoms with Gasteiger partial charge in [-0.15, -0.1) is 5.10 Å². The summed E-state index contributed by atoms with van der Waals surface area (Å²) in [6, 6.07) is 15.6. The summed E-state index contributed by atoms with van der Waals surface area (Å²) in [5.74, 6) is -1.17. The molecule has 0 radical (unpaired) electrons. The van der Waals surface area contributed by atoms with Gasteiger partial charge >= 0.3 is 23.8 Å². The number of carbonyl (C=O) groups is 2. The average Bonchev–Trinajstić information content (AvgIpc) is 3.29. The average molecular weight is 447 g/mol. The van der Waals surface area contributed by atoms with E-state index in [0.29, 0.717) is 48.4 Å². The van der Waals surface area contributed by atoms with E-state index in [0.717, 1.165) is 0 Å². The summed E-state index contributed by atoms with van der Waals surface area (Å²) < 4.78 is 11.3. The molecule has 10 heteroatoms. The Hall–Kier alpha value is -4.39. The van der Waals surface area contributed by atoms with Crippen molar-refractivity contribution in [3.8, 4) is 11.8 Å². The van der Waals surface area contributed by atoms with Gasteiger partial charge in [-0.2, -0.15) is 5.26 Å². The lowest BCUT2D eigenvalue weighted by molar-refractivity contribution is -0.143. The molecule has 1 aliphatic rings. The number of ether oxygens (including phenoxy) is 1. The van der Waals surface area contributed by atoms with Crippen LogP contribution in [0.4, 0.5) is 17.4 Å². The third kappa shape index (κ3) is 5.65. The quantitative estimate of drug-likeness (QED) is 0.489. The van der Waals surface area contributed by atoms with E-state index in [1.54, 1.807) is 48.5 Å². The molecular formula is C23H21N5O5. The van der Waals surface area contributed by atoms with E-state index in [2.05, 4.69) is 20.8 Å². The van der Waals surface area contributed by atoms with Crippen LogP contribution in [0.1, 0.15) is 41.9 Å². The normalized spacial score (nSPS) is 17.5. The Kier molecular flexibility index (Phi) is 6.50. The van der Waals surface area contributed by atoms with Crippen LogP contribution in [0.15, 0.2) is 52.9 Å². The van der Waals surface area contributed by atoms with Gasteiger partial charge in [0.25, 0.3) is 0 Å². The minimum atomic E-state index is -0.745. The van der Waals surface area contributed by atoms with Gasteiger partial charge in [-0.3, -0.25) is 9.59 Å². The molecule has 0 bridgehead atoms. The number of aromatic nitrogens is 2. The van der Waals surface area contributed by atoms with Gasteiger partial charge in [-0.1, -0.05) is 11.2 Å². The first-order chi connectivity index (χ1) is 16.0. The molecule has 168 valence electrons. The number of nitrogens with one attached hydrogen (secondary N) is 2. The number of nitrogens with zero attached hydrogens (tertiary/aromatic N) is 3. The molecule has 2 aromatic carbocycles. The lowest BCUT2D eigenvalue weighted by Gasteiger charge is -2.26. The molecule has 0 saturated heterocycles. The maximum Gasteiger partial charge on any atom is 0.320 e. The van der Waals surface area contributed by atoms with E-state index in [4.69, 9.17) is 19.5 Å². The summed E-state index contributed by atoms with van der Waals surface area (Å²) in [5.41, 5.74) is 1.57. The fourth-order valence-corrected chi connectivity index (χ4v) is 3.58. The highest BCUT2D eigenvalue weighted by Crippen LogP contribution is 2.28. The van der Waals surface area contributed by atoms with Crippen molar-refractivity contribution in [1.29, 1.82) is 5.26 Å². The van der Waals surface area contributed by atoms with Gasteiger partial charge in [-0.05, 0) is 68.1 Å².